The van der Waals surface area contributed by atoms with Crippen LogP contribution in [0.15, 0.2) is 24.3 Å². The minimum atomic E-state index is -0.499. The first-order valence-corrected chi connectivity index (χ1v) is 9.42. The summed E-state index contributed by atoms with van der Waals surface area (Å²) in [4.78, 5) is 26.3. The number of amides is 2. The van der Waals surface area contributed by atoms with Crippen LogP contribution in [0.3, 0.4) is 0 Å². The smallest absolute Gasteiger partial charge is 0.407 e. The van der Waals surface area contributed by atoms with Crippen LogP contribution in [0.2, 0.25) is 0 Å². The van der Waals surface area contributed by atoms with E-state index in [2.05, 4.69) is 15.5 Å². The van der Waals surface area contributed by atoms with E-state index in [0.29, 0.717) is 0 Å². The van der Waals surface area contributed by atoms with Gasteiger partial charge in [-0.05, 0) is 57.9 Å². The van der Waals surface area contributed by atoms with Crippen LogP contribution in [0, 0.1) is 5.92 Å². The van der Waals surface area contributed by atoms with Gasteiger partial charge in [0.1, 0.15) is 11.4 Å². The van der Waals surface area contributed by atoms with E-state index in [1.165, 1.54) is 0 Å². The highest BCUT2D eigenvalue weighted by atomic mass is 16.6. The minimum absolute atomic E-state index is 0.0185. The van der Waals surface area contributed by atoms with Gasteiger partial charge in [-0.2, -0.15) is 0 Å². The van der Waals surface area contributed by atoms with Crippen molar-refractivity contribution >= 4 is 17.7 Å². The van der Waals surface area contributed by atoms with Crippen LogP contribution in [0.5, 0.6) is 5.75 Å². The molecule has 1 aliphatic heterocycles. The molecule has 1 aromatic carbocycles. The molecule has 27 heavy (non-hydrogen) atoms. The lowest BCUT2D eigenvalue weighted by Crippen LogP contribution is -2.59. The van der Waals surface area contributed by atoms with Gasteiger partial charge in [0.25, 0.3) is 0 Å². The SMILES string of the molecule is COc1ccc(N2CC(C(=O)N[C@H]3C[C@@H](NC(=O)OC(C)(C)C)C3)C2)cc1. The fourth-order valence-corrected chi connectivity index (χ4v) is 3.30. The van der Waals surface area contributed by atoms with Crippen molar-refractivity contribution in [3.05, 3.63) is 24.3 Å². The molecule has 2 aliphatic rings. The molecule has 7 heteroatoms. The average molecular weight is 375 g/mol. The number of hydrogen-bond acceptors (Lipinski definition) is 5. The number of anilines is 1. The Morgan fingerprint density at radius 3 is 2.19 bits per heavy atom. The van der Waals surface area contributed by atoms with Gasteiger partial charge >= 0.3 is 6.09 Å². The summed E-state index contributed by atoms with van der Waals surface area (Å²) in [5.74, 6) is 0.943. The third kappa shape index (κ3) is 5.05. The van der Waals surface area contributed by atoms with E-state index in [-0.39, 0.29) is 23.9 Å². The summed E-state index contributed by atoms with van der Waals surface area (Å²) in [6.45, 7) is 6.97. The zero-order valence-electron chi connectivity index (χ0n) is 16.5. The Kier molecular flexibility index (Phi) is 5.48. The Bertz CT molecular complexity index is 671. The molecule has 1 saturated heterocycles. The van der Waals surface area contributed by atoms with Gasteiger partial charge in [-0.15, -0.1) is 0 Å². The van der Waals surface area contributed by atoms with Gasteiger partial charge in [-0.1, -0.05) is 0 Å². The van der Waals surface area contributed by atoms with Crippen LogP contribution >= 0.6 is 0 Å². The van der Waals surface area contributed by atoms with E-state index in [1.54, 1.807) is 7.11 Å². The first-order chi connectivity index (χ1) is 12.7. The molecule has 2 fully saturated rings. The van der Waals surface area contributed by atoms with Crippen molar-refractivity contribution in [2.75, 3.05) is 25.1 Å². The molecule has 0 atom stereocenters. The number of nitrogens with zero attached hydrogens (tertiary/aromatic N) is 1. The molecule has 0 aromatic heterocycles. The molecule has 0 bridgehead atoms. The normalized spacial score (nSPS) is 22.3. The maximum Gasteiger partial charge on any atom is 0.407 e. The first kappa shape index (κ1) is 19.3. The van der Waals surface area contributed by atoms with Crippen molar-refractivity contribution in [2.45, 2.75) is 51.3 Å². The summed E-state index contributed by atoms with van der Waals surface area (Å²) in [6, 6.07) is 8.07. The Hall–Kier alpha value is -2.44. The van der Waals surface area contributed by atoms with Crippen molar-refractivity contribution in [1.82, 2.24) is 10.6 Å². The zero-order valence-corrected chi connectivity index (χ0v) is 16.5. The molecule has 1 saturated carbocycles. The topological polar surface area (TPSA) is 79.9 Å². The molecular weight excluding hydrogens is 346 g/mol. The third-order valence-corrected chi connectivity index (χ3v) is 4.90. The minimum Gasteiger partial charge on any atom is -0.497 e. The van der Waals surface area contributed by atoms with E-state index < -0.39 is 11.7 Å². The predicted octanol–water partition coefficient (Wildman–Crippen LogP) is 2.30. The molecule has 2 amide bonds. The Morgan fingerprint density at radius 1 is 1.04 bits per heavy atom. The van der Waals surface area contributed by atoms with Crippen molar-refractivity contribution < 1.29 is 19.1 Å². The van der Waals surface area contributed by atoms with Gasteiger partial charge in [0.05, 0.1) is 13.0 Å². The molecule has 0 radical (unpaired) electrons. The summed E-state index contributed by atoms with van der Waals surface area (Å²) in [7, 11) is 1.65. The maximum absolute atomic E-state index is 12.4. The van der Waals surface area contributed by atoms with Crippen molar-refractivity contribution in [1.29, 1.82) is 0 Å². The van der Waals surface area contributed by atoms with Gasteiger partial charge in [0.2, 0.25) is 5.91 Å². The van der Waals surface area contributed by atoms with E-state index in [9.17, 15) is 9.59 Å². The van der Waals surface area contributed by atoms with E-state index in [1.807, 2.05) is 45.0 Å². The Labute approximate surface area is 160 Å². The number of carbonyl (C=O) groups is 2. The maximum atomic E-state index is 12.4. The lowest BCUT2D eigenvalue weighted by Gasteiger charge is -2.42. The van der Waals surface area contributed by atoms with E-state index in [4.69, 9.17) is 9.47 Å². The lowest BCUT2D eigenvalue weighted by atomic mass is 9.86. The quantitative estimate of drug-likeness (QED) is 0.826. The van der Waals surface area contributed by atoms with Crippen molar-refractivity contribution in [3.8, 4) is 5.75 Å². The Balaban J connectivity index is 1.34. The number of benzene rings is 1. The summed E-state index contributed by atoms with van der Waals surface area (Å²) in [5, 5.41) is 5.92. The molecule has 3 rings (SSSR count). The second-order valence-electron chi connectivity index (χ2n) is 8.32. The van der Waals surface area contributed by atoms with Crippen LogP contribution < -0.4 is 20.3 Å². The Morgan fingerprint density at radius 2 is 1.63 bits per heavy atom. The molecule has 0 unspecified atom stereocenters. The van der Waals surface area contributed by atoms with E-state index in [0.717, 1.165) is 37.4 Å². The number of nitrogens with one attached hydrogen (secondary N) is 2. The van der Waals surface area contributed by atoms with Crippen LogP contribution in [-0.4, -0.2) is 49.9 Å². The molecular formula is C20H29N3O4. The van der Waals surface area contributed by atoms with Crippen molar-refractivity contribution in [2.24, 2.45) is 5.92 Å². The number of carbonyl (C=O) groups excluding carboxylic acids is 2. The number of methoxy groups -OCH3 is 1. The number of ether oxygens (including phenoxy) is 2. The van der Waals surface area contributed by atoms with Gasteiger partial charge in [0, 0.05) is 30.9 Å². The molecule has 1 aliphatic carbocycles. The highest BCUT2D eigenvalue weighted by Crippen LogP contribution is 2.27. The summed E-state index contributed by atoms with van der Waals surface area (Å²) in [5.41, 5.74) is 0.603. The fourth-order valence-electron chi connectivity index (χ4n) is 3.30. The summed E-state index contributed by atoms with van der Waals surface area (Å²) in [6.07, 6.45) is 1.10. The van der Waals surface area contributed by atoms with Crippen molar-refractivity contribution in [3.63, 3.8) is 0 Å². The van der Waals surface area contributed by atoms with Crippen LogP contribution in [0.25, 0.3) is 0 Å². The largest absolute Gasteiger partial charge is 0.497 e. The van der Waals surface area contributed by atoms with E-state index >= 15 is 0 Å². The van der Waals surface area contributed by atoms with Gasteiger partial charge < -0.3 is 25.0 Å². The number of alkyl carbamates (subject to hydrolysis) is 1. The molecule has 7 nitrogen and oxygen atoms in total. The van der Waals surface area contributed by atoms with Gasteiger partial charge in [0.15, 0.2) is 0 Å². The first-order valence-electron chi connectivity index (χ1n) is 9.42. The highest BCUT2D eigenvalue weighted by Gasteiger charge is 2.37. The summed E-state index contributed by atoms with van der Waals surface area (Å²) < 4.78 is 10.4. The third-order valence-electron chi connectivity index (χ3n) is 4.90. The van der Waals surface area contributed by atoms with Gasteiger partial charge in [-0.25, -0.2) is 4.79 Å². The van der Waals surface area contributed by atoms with Crippen LogP contribution in [0.1, 0.15) is 33.6 Å². The average Bonchev–Trinajstić information content (AvgIpc) is 2.50. The number of hydrogen-bond donors (Lipinski definition) is 2. The molecule has 1 heterocycles. The molecule has 2 N–H and O–H groups in total. The monoisotopic (exact) mass is 375 g/mol. The van der Waals surface area contributed by atoms with Crippen LogP contribution in [0.4, 0.5) is 10.5 Å². The zero-order chi connectivity index (χ0) is 19.6. The second kappa shape index (κ2) is 7.66. The van der Waals surface area contributed by atoms with Gasteiger partial charge in [-0.3, -0.25) is 4.79 Å². The summed E-state index contributed by atoms with van der Waals surface area (Å²) >= 11 is 0. The van der Waals surface area contributed by atoms with Crippen LogP contribution in [-0.2, 0) is 9.53 Å². The number of rotatable bonds is 5. The molecule has 1 aromatic rings. The standard InChI is InChI=1S/C20H29N3O4/c1-20(2,3)27-19(25)22-15-9-14(10-15)21-18(24)13-11-23(12-13)16-5-7-17(26-4)8-6-16/h5-8,13-15H,9-12H2,1-4H3,(H,21,24)(H,22,25)/t14-,15+. The fraction of sp³-hybridized carbons (Fsp3) is 0.600. The highest BCUT2D eigenvalue weighted by molar-refractivity contribution is 5.82. The predicted molar refractivity (Wildman–Crippen MR) is 103 cm³/mol. The lowest BCUT2D eigenvalue weighted by molar-refractivity contribution is -0.127. The molecule has 148 valence electrons. The second-order valence-corrected chi connectivity index (χ2v) is 8.32. The molecule has 0 spiro atoms.